The molecular weight excluding hydrogens is 583 g/mol. The SMILES string of the molecule is C=Cc1c[c-]c2c(c1)-c1cc(C=C)ccc1C2.CCC1[C-]=CC(C(C)(C)C)=C1.[Cl-].[Cl-].[Zr+2]=[CH]c1ccccc1. The molecule has 0 fully saturated rings. The first-order valence-electron chi connectivity index (χ1n) is 12.6. The summed E-state index contributed by atoms with van der Waals surface area (Å²) in [5.74, 6) is 0.573. The van der Waals surface area contributed by atoms with Crippen LogP contribution >= 0.6 is 0 Å². The maximum atomic E-state index is 3.82. The summed E-state index contributed by atoms with van der Waals surface area (Å²) in [4.78, 5) is 0. The Labute approximate surface area is 257 Å². The minimum atomic E-state index is 0. The number of hydrogen-bond donors (Lipinski definition) is 0. The quantitative estimate of drug-likeness (QED) is 0.309. The molecule has 0 saturated heterocycles. The van der Waals surface area contributed by atoms with Crippen LogP contribution in [0.1, 0.15) is 61.9 Å². The Morgan fingerprint density at radius 3 is 2.08 bits per heavy atom. The predicted octanol–water partition coefficient (Wildman–Crippen LogP) is 3.09. The molecule has 0 aromatic heterocycles. The number of fused-ring (bicyclic) bond motifs is 3. The van der Waals surface area contributed by atoms with E-state index in [2.05, 4.69) is 117 Å². The van der Waals surface area contributed by atoms with Crippen LogP contribution in [0.2, 0.25) is 0 Å². The van der Waals surface area contributed by atoms with Gasteiger partial charge in [-0.3, -0.25) is 6.08 Å². The van der Waals surface area contributed by atoms with Crippen LogP contribution in [0, 0.1) is 23.5 Å². The van der Waals surface area contributed by atoms with Crippen LogP contribution in [0.3, 0.4) is 0 Å². The van der Waals surface area contributed by atoms with Crippen molar-refractivity contribution in [3.8, 4) is 11.1 Å². The third-order valence-electron chi connectivity index (χ3n) is 6.42. The van der Waals surface area contributed by atoms with Crippen LogP contribution < -0.4 is 24.8 Å². The predicted molar refractivity (Wildman–Crippen MR) is 154 cm³/mol. The summed E-state index contributed by atoms with van der Waals surface area (Å²) in [7, 11) is 0. The van der Waals surface area contributed by atoms with Gasteiger partial charge in [0, 0.05) is 0 Å². The molecule has 0 bridgehead atoms. The second kappa shape index (κ2) is 16.1. The Kier molecular flexibility index (Phi) is 14.4. The molecule has 2 aliphatic rings. The van der Waals surface area contributed by atoms with E-state index >= 15 is 0 Å². The molecule has 0 spiro atoms. The van der Waals surface area contributed by atoms with Crippen molar-refractivity contribution in [3.63, 3.8) is 0 Å². The van der Waals surface area contributed by atoms with Crippen molar-refractivity contribution in [1.82, 2.24) is 0 Å². The van der Waals surface area contributed by atoms with Gasteiger partial charge in [-0.2, -0.15) is 35.4 Å². The van der Waals surface area contributed by atoms with E-state index in [0.717, 1.165) is 12.0 Å². The summed E-state index contributed by atoms with van der Waals surface area (Å²) in [5.41, 5.74) is 10.6. The second-order valence-corrected chi connectivity index (χ2v) is 10.8. The standard InChI is InChI=1S/C17H13.C11H17.C7H6.2ClH.Zr/c1-3-12-5-7-14-11-15-8-6-13(4-2)10-17(15)16(14)9-12;1-5-9-6-7-10(8-9)11(2,3)4;1-7-5-3-2-4-6-7;;;/h3-7,9-10H,1-2,11H2;7-9H,5H2,1-4H3;1-6H;2*1H;/q2*-1;;;;+2/p-2. The molecule has 38 heavy (non-hydrogen) atoms. The summed E-state index contributed by atoms with van der Waals surface area (Å²) in [5, 5.41) is 0. The Bertz CT molecular complexity index is 1220. The third-order valence-corrected chi connectivity index (χ3v) is 7.24. The molecule has 0 heterocycles. The van der Waals surface area contributed by atoms with E-state index in [9.17, 15) is 0 Å². The molecule has 0 saturated carbocycles. The molecule has 3 aromatic carbocycles. The van der Waals surface area contributed by atoms with Crippen molar-refractivity contribution in [2.45, 2.75) is 40.5 Å². The minimum absolute atomic E-state index is 0. The van der Waals surface area contributed by atoms with Crippen molar-refractivity contribution in [2.75, 3.05) is 0 Å². The zero-order chi connectivity index (χ0) is 26.1. The topological polar surface area (TPSA) is 0 Å². The van der Waals surface area contributed by atoms with Gasteiger partial charge in [0.05, 0.1) is 0 Å². The van der Waals surface area contributed by atoms with Gasteiger partial charge in [-0.15, -0.1) is 23.8 Å². The van der Waals surface area contributed by atoms with E-state index in [0.29, 0.717) is 11.3 Å². The van der Waals surface area contributed by atoms with Crippen LogP contribution in [0.25, 0.3) is 23.3 Å². The molecule has 0 nitrogen and oxygen atoms in total. The Hall–Kier alpha value is -2.05. The van der Waals surface area contributed by atoms with Gasteiger partial charge in [0.25, 0.3) is 0 Å². The molecule has 0 amide bonds. The number of benzene rings is 3. The third kappa shape index (κ3) is 9.30. The summed E-state index contributed by atoms with van der Waals surface area (Å²) >= 11 is 1.46. The van der Waals surface area contributed by atoms with E-state index in [4.69, 9.17) is 0 Å². The normalized spacial score (nSPS) is 14.1. The first kappa shape index (κ1) is 34.0. The van der Waals surface area contributed by atoms with Gasteiger partial charge < -0.3 is 24.8 Å². The van der Waals surface area contributed by atoms with Gasteiger partial charge in [-0.1, -0.05) is 87.4 Å². The fraction of sp³-hybridized carbons (Fsp3) is 0.229. The molecule has 1 unspecified atom stereocenters. The molecule has 0 aliphatic heterocycles. The van der Waals surface area contributed by atoms with Crippen LogP contribution in [0.15, 0.2) is 91.5 Å². The van der Waals surface area contributed by atoms with Gasteiger partial charge in [-0.25, -0.2) is 6.08 Å². The van der Waals surface area contributed by atoms with Crippen LogP contribution in [-0.2, 0) is 30.7 Å². The van der Waals surface area contributed by atoms with E-state index in [-0.39, 0.29) is 24.8 Å². The molecule has 196 valence electrons. The monoisotopic (exact) mass is 616 g/mol. The van der Waals surface area contributed by atoms with Gasteiger partial charge in [-0.05, 0) is 12.0 Å². The van der Waals surface area contributed by atoms with Crippen LogP contribution in [0.5, 0.6) is 0 Å². The fourth-order valence-electron chi connectivity index (χ4n) is 4.13. The number of rotatable bonds is 4. The molecule has 1 atom stereocenters. The van der Waals surface area contributed by atoms with Crippen molar-refractivity contribution >= 4 is 15.9 Å². The van der Waals surface area contributed by atoms with Crippen LogP contribution in [0.4, 0.5) is 0 Å². The molecule has 3 aromatic rings. The molecule has 0 radical (unpaired) electrons. The van der Waals surface area contributed by atoms with Crippen molar-refractivity contribution < 1.29 is 49.0 Å². The molecular formula is C35H36Cl2Zr-2. The second-order valence-electron chi connectivity index (χ2n) is 10.1. The van der Waals surface area contributed by atoms with E-state index in [1.165, 1.54) is 69.6 Å². The molecule has 3 heteroatoms. The van der Waals surface area contributed by atoms with Gasteiger partial charge in [0.1, 0.15) is 0 Å². The van der Waals surface area contributed by atoms with Crippen molar-refractivity contribution in [1.29, 1.82) is 0 Å². The Morgan fingerprint density at radius 2 is 1.58 bits per heavy atom. The van der Waals surface area contributed by atoms with Crippen LogP contribution in [-0.4, -0.2) is 3.71 Å². The molecule has 0 N–H and O–H groups in total. The van der Waals surface area contributed by atoms with Gasteiger partial charge >= 0.3 is 63.8 Å². The first-order valence-corrected chi connectivity index (χ1v) is 14.0. The first-order chi connectivity index (χ1) is 17.3. The van der Waals surface area contributed by atoms with Gasteiger partial charge in [0.15, 0.2) is 0 Å². The number of hydrogen-bond acceptors (Lipinski definition) is 0. The zero-order valence-corrected chi connectivity index (χ0v) is 26.8. The fourth-order valence-corrected chi connectivity index (χ4v) is 4.60. The number of halogens is 2. The molecule has 2 aliphatic carbocycles. The Balaban J connectivity index is 0.000000300. The van der Waals surface area contributed by atoms with E-state index in [1.807, 2.05) is 24.3 Å². The zero-order valence-electron chi connectivity index (χ0n) is 22.8. The average molecular weight is 619 g/mol. The summed E-state index contributed by atoms with van der Waals surface area (Å²) in [6, 6.07) is 24.4. The van der Waals surface area contributed by atoms with Gasteiger partial charge in [0.2, 0.25) is 0 Å². The van der Waals surface area contributed by atoms with Crippen molar-refractivity contribution in [3.05, 3.63) is 132 Å². The average Bonchev–Trinajstić information content (AvgIpc) is 3.54. The molecule has 5 rings (SSSR count). The Morgan fingerprint density at radius 1 is 0.921 bits per heavy atom. The summed E-state index contributed by atoms with van der Waals surface area (Å²) in [6.07, 6.45) is 13.7. The summed E-state index contributed by atoms with van der Waals surface area (Å²) in [6.45, 7) is 16.6. The van der Waals surface area contributed by atoms with Crippen molar-refractivity contribution in [2.24, 2.45) is 11.3 Å². The summed E-state index contributed by atoms with van der Waals surface area (Å²) < 4.78 is 2.17. The van der Waals surface area contributed by atoms with E-state index in [1.54, 1.807) is 0 Å². The number of allylic oxidation sites excluding steroid dienone is 4. The maximum absolute atomic E-state index is 3.82. The van der Waals surface area contributed by atoms with E-state index < -0.39 is 0 Å².